The topological polar surface area (TPSA) is 34.6 Å². The van der Waals surface area contributed by atoms with Crippen molar-refractivity contribution in [2.75, 3.05) is 0 Å². The number of pyridine rings is 2. The van der Waals surface area contributed by atoms with Gasteiger partial charge in [0.2, 0.25) is 0 Å². The largest absolute Gasteiger partial charge is 0.347 e. The second kappa shape index (κ2) is 11.5. The molecule has 8 rings (SSSR count). The van der Waals surface area contributed by atoms with Gasteiger partial charge >= 0.3 is 0 Å². The van der Waals surface area contributed by atoms with Gasteiger partial charge in [-0.25, -0.2) is 0 Å². The number of hydrogen-bond acceptors (Lipinski definition) is 2. The third kappa shape index (κ3) is 5.02. The Morgan fingerprint density at radius 1 is 0.568 bits per heavy atom. The van der Waals surface area contributed by atoms with Crippen molar-refractivity contribution in [2.45, 2.75) is 27.7 Å². The summed E-state index contributed by atoms with van der Waals surface area (Å²) in [6.07, 6.45) is 8.27. The minimum Gasteiger partial charge on any atom is -0.347 e. The first-order chi connectivity index (χ1) is 20.4. The van der Waals surface area contributed by atoms with Gasteiger partial charge in [-0.15, -0.1) is 57.9 Å². The van der Waals surface area contributed by atoms with E-state index in [0.29, 0.717) is 0 Å². The molecule has 44 heavy (non-hydrogen) atoms. The summed E-state index contributed by atoms with van der Waals surface area (Å²) in [4.78, 5) is 9.50. The fourth-order valence-electron chi connectivity index (χ4n) is 6.40. The van der Waals surface area contributed by atoms with Gasteiger partial charge in [-0.05, 0) is 51.2 Å². The van der Waals surface area contributed by atoms with Crippen LogP contribution in [-0.4, -0.2) is 18.8 Å². The maximum Gasteiger partial charge on any atom is 0.0606 e. The van der Waals surface area contributed by atoms with E-state index in [-0.39, 0.29) is 40.2 Å². The molecule has 0 bridgehead atoms. The first-order valence-corrected chi connectivity index (χ1v) is 14.2. The van der Waals surface area contributed by atoms with Crippen molar-refractivity contribution in [2.24, 2.45) is 0 Å². The van der Waals surface area contributed by atoms with Crippen molar-refractivity contribution < 1.29 is 40.2 Å². The van der Waals surface area contributed by atoms with Crippen LogP contribution in [0.5, 0.6) is 0 Å². The SMILES string of the molecule is Cc1cc(C)cc(-c2c(-c3c[c-]c4c(ccn5cc(C)nc45)c3)cccc2-c2c[c-]c3c(ccn4cc(C)nc34)c2)c1.[Ir].[Ir]. The van der Waals surface area contributed by atoms with Gasteiger partial charge in [0.25, 0.3) is 0 Å². The van der Waals surface area contributed by atoms with E-state index >= 15 is 0 Å². The molecule has 0 atom stereocenters. The van der Waals surface area contributed by atoms with Crippen LogP contribution in [0.2, 0.25) is 0 Å². The Labute approximate surface area is 283 Å². The molecular formula is C38H28Ir2N4-2. The predicted octanol–water partition coefficient (Wildman–Crippen LogP) is 9.12. The molecule has 8 aromatic rings. The number of imidazole rings is 2. The second-order valence-electron chi connectivity index (χ2n) is 11.4. The molecule has 6 heteroatoms. The molecule has 0 unspecified atom stereocenters. The first-order valence-electron chi connectivity index (χ1n) is 14.2. The third-order valence-electron chi connectivity index (χ3n) is 8.12. The molecule has 0 spiro atoms. The normalized spacial score (nSPS) is 11.3. The van der Waals surface area contributed by atoms with Crippen LogP contribution < -0.4 is 0 Å². The van der Waals surface area contributed by atoms with Crippen molar-refractivity contribution in [1.82, 2.24) is 18.8 Å². The summed E-state index contributed by atoms with van der Waals surface area (Å²) in [5.74, 6) is 0. The van der Waals surface area contributed by atoms with E-state index in [1.165, 1.54) is 33.4 Å². The number of rotatable bonds is 3. The Morgan fingerprint density at radius 3 is 1.52 bits per heavy atom. The summed E-state index contributed by atoms with van der Waals surface area (Å²) in [7, 11) is 0. The third-order valence-corrected chi connectivity index (χ3v) is 8.12. The number of aryl methyl sites for hydroxylation is 4. The Morgan fingerprint density at radius 2 is 1.05 bits per heavy atom. The van der Waals surface area contributed by atoms with Crippen LogP contribution in [0.1, 0.15) is 22.5 Å². The van der Waals surface area contributed by atoms with Gasteiger partial charge in [-0.3, -0.25) is 9.97 Å². The molecule has 4 aromatic heterocycles. The number of aromatic nitrogens is 4. The summed E-state index contributed by atoms with van der Waals surface area (Å²) in [5, 5.41) is 4.31. The smallest absolute Gasteiger partial charge is 0.0606 e. The predicted molar refractivity (Wildman–Crippen MR) is 172 cm³/mol. The fourth-order valence-corrected chi connectivity index (χ4v) is 6.40. The van der Waals surface area contributed by atoms with Crippen LogP contribution in [0.15, 0.2) is 97.6 Å². The zero-order chi connectivity index (χ0) is 28.5. The van der Waals surface area contributed by atoms with Crippen molar-refractivity contribution in [1.29, 1.82) is 0 Å². The van der Waals surface area contributed by atoms with Crippen LogP contribution in [0, 0.1) is 39.8 Å². The van der Waals surface area contributed by atoms with Crippen molar-refractivity contribution in [3.63, 3.8) is 0 Å². The van der Waals surface area contributed by atoms with E-state index in [1.807, 2.05) is 13.8 Å². The minimum absolute atomic E-state index is 0. The number of fused-ring (bicyclic) bond motifs is 6. The average molecular weight is 925 g/mol. The van der Waals surface area contributed by atoms with Crippen LogP contribution in [-0.2, 0) is 40.2 Å². The van der Waals surface area contributed by atoms with Crippen LogP contribution in [0.25, 0.3) is 66.2 Å². The van der Waals surface area contributed by atoms with Crippen LogP contribution in [0.3, 0.4) is 0 Å². The van der Waals surface area contributed by atoms with Gasteiger partial charge in [0.15, 0.2) is 0 Å². The molecule has 220 valence electrons. The van der Waals surface area contributed by atoms with Gasteiger partial charge in [0, 0.05) is 64.0 Å². The van der Waals surface area contributed by atoms with Crippen molar-refractivity contribution >= 4 is 32.8 Å². The summed E-state index contributed by atoms with van der Waals surface area (Å²) in [6, 6.07) is 33.7. The van der Waals surface area contributed by atoms with E-state index in [9.17, 15) is 0 Å². The summed E-state index contributed by atoms with van der Waals surface area (Å²) >= 11 is 0. The van der Waals surface area contributed by atoms with E-state index in [1.54, 1.807) is 0 Å². The Bertz CT molecular complexity index is 2210. The molecule has 0 amide bonds. The van der Waals surface area contributed by atoms with Crippen LogP contribution in [0.4, 0.5) is 0 Å². The molecule has 0 aliphatic heterocycles. The molecule has 0 fully saturated rings. The molecule has 0 saturated carbocycles. The standard InChI is InChI=1S/C38H28N4.2Ir/c1-23-16-24(2)18-31(17-23)36-32(27-8-10-34-29(19-27)12-14-41-21-25(3)39-37(34)41)6-5-7-33(36)28-9-11-35-30(20-28)13-15-42-22-26(4)40-38(35)42;;/h5-9,12-22H,1-4H3;;/q-2;;. The Hall–Kier alpha value is -3.92. The van der Waals surface area contributed by atoms with Gasteiger partial charge in [0.1, 0.15) is 0 Å². The van der Waals surface area contributed by atoms with Gasteiger partial charge in [-0.2, -0.15) is 0 Å². The molecule has 0 saturated heterocycles. The molecule has 0 aliphatic carbocycles. The zero-order valence-corrected chi connectivity index (χ0v) is 29.5. The summed E-state index contributed by atoms with van der Waals surface area (Å²) in [6.45, 7) is 8.39. The molecule has 4 aromatic carbocycles. The van der Waals surface area contributed by atoms with Crippen molar-refractivity contribution in [3.8, 4) is 33.4 Å². The van der Waals surface area contributed by atoms with E-state index in [4.69, 9.17) is 9.97 Å². The summed E-state index contributed by atoms with van der Waals surface area (Å²) in [5.41, 5.74) is 13.4. The molecular weight excluding hydrogens is 897 g/mol. The number of nitrogens with zero attached hydrogens (tertiary/aromatic N) is 4. The Kier molecular flexibility index (Phi) is 7.90. The molecule has 0 aliphatic rings. The first kappa shape index (κ1) is 30.1. The van der Waals surface area contributed by atoms with Gasteiger partial charge < -0.3 is 8.80 Å². The summed E-state index contributed by atoms with van der Waals surface area (Å²) < 4.78 is 4.15. The van der Waals surface area contributed by atoms with E-state index in [0.717, 1.165) is 55.4 Å². The fraction of sp³-hybridized carbons (Fsp3) is 0.105. The van der Waals surface area contributed by atoms with Crippen molar-refractivity contribution in [3.05, 3.63) is 132 Å². The quantitative estimate of drug-likeness (QED) is 0.166. The maximum absolute atomic E-state index is 4.75. The van der Waals surface area contributed by atoms with Crippen LogP contribution >= 0.6 is 0 Å². The minimum atomic E-state index is 0. The maximum atomic E-state index is 4.75. The molecule has 4 heterocycles. The van der Waals surface area contributed by atoms with E-state index in [2.05, 4.69) is 132 Å². The second-order valence-corrected chi connectivity index (χ2v) is 11.4. The monoisotopic (exact) mass is 926 g/mol. The molecule has 0 N–H and O–H groups in total. The average Bonchev–Trinajstić information content (AvgIpc) is 3.57. The van der Waals surface area contributed by atoms with Gasteiger partial charge in [0.05, 0.1) is 11.3 Å². The molecule has 2 radical (unpaired) electrons. The molecule has 4 nitrogen and oxygen atoms in total. The zero-order valence-electron chi connectivity index (χ0n) is 24.7. The van der Waals surface area contributed by atoms with Gasteiger partial charge in [-0.1, -0.05) is 81.9 Å². The number of hydrogen-bond donors (Lipinski definition) is 0. The Balaban J connectivity index is 0.00000171. The number of benzene rings is 4. The van der Waals surface area contributed by atoms with E-state index < -0.39 is 0 Å².